The van der Waals surface area contributed by atoms with Crippen LogP contribution in [0.15, 0.2) is 12.1 Å². The molecule has 0 aliphatic carbocycles. The first kappa shape index (κ1) is 11.3. The maximum absolute atomic E-state index is 12.9. The van der Waals surface area contributed by atoms with E-state index in [0.29, 0.717) is 6.07 Å². The smallest absolute Gasteiger partial charge is 0.396 e. The number of hydrogen-bond donors (Lipinski definition) is 2. The van der Waals surface area contributed by atoms with Crippen molar-refractivity contribution < 1.29 is 22.4 Å². The number of primary amides is 1. The van der Waals surface area contributed by atoms with Gasteiger partial charge in [0.05, 0.1) is 11.3 Å². The molecule has 15 heavy (non-hydrogen) atoms. The zero-order chi connectivity index (χ0) is 11.8. The van der Waals surface area contributed by atoms with E-state index in [1.54, 1.807) is 0 Å². The van der Waals surface area contributed by atoms with E-state index >= 15 is 0 Å². The Balaban J connectivity index is 3.45. The van der Waals surface area contributed by atoms with Crippen molar-refractivity contribution in [2.24, 2.45) is 5.73 Å². The van der Waals surface area contributed by atoms with Crippen molar-refractivity contribution in [3.8, 4) is 0 Å². The minimum absolute atomic E-state index is 0.327. The van der Waals surface area contributed by atoms with Gasteiger partial charge in [-0.3, -0.25) is 4.79 Å². The van der Waals surface area contributed by atoms with Gasteiger partial charge in [0.1, 0.15) is 0 Å². The van der Waals surface area contributed by atoms with Crippen LogP contribution in [0.25, 0.3) is 0 Å². The maximum atomic E-state index is 12.9. The van der Waals surface area contributed by atoms with E-state index in [4.69, 9.17) is 11.5 Å². The Hall–Kier alpha value is -1.79. The lowest BCUT2D eigenvalue weighted by Crippen LogP contribution is -2.16. The molecule has 1 amide bonds. The van der Waals surface area contributed by atoms with Gasteiger partial charge in [-0.05, 0) is 12.1 Å². The van der Waals surface area contributed by atoms with E-state index in [1.807, 2.05) is 0 Å². The summed E-state index contributed by atoms with van der Waals surface area (Å²) < 4.78 is 49.6. The number of alkyl halides is 3. The number of amides is 1. The summed E-state index contributed by atoms with van der Waals surface area (Å²) >= 11 is 0. The Kier molecular flexibility index (Phi) is 2.57. The second-order valence-electron chi connectivity index (χ2n) is 2.79. The molecule has 0 saturated carbocycles. The Morgan fingerprint density at radius 1 is 1.27 bits per heavy atom. The standard InChI is InChI=1S/C8H6F4N2O/c9-6-4(8(10,11)12)1-3(7(14)15)2-5(6)13/h1-2H,13H2,(H2,14,15). The zero-order valence-electron chi connectivity index (χ0n) is 7.23. The van der Waals surface area contributed by atoms with Gasteiger partial charge < -0.3 is 11.5 Å². The molecule has 1 rings (SSSR count). The summed E-state index contributed by atoms with van der Waals surface area (Å²) in [5, 5.41) is 0. The first-order chi connectivity index (χ1) is 6.73. The number of nitrogens with two attached hydrogens (primary N) is 2. The fraction of sp³-hybridized carbons (Fsp3) is 0.125. The third-order valence-corrected chi connectivity index (χ3v) is 1.69. The molecule has 0 aliphatic rings. The highest BCUT2D eigenvalue weighted by molar-refractivity contribution is 5.94. The first-order valence-electron chi connectivity index (χ1n) is 3.69. The number of halogens is 4. The molecular formula is C8H6F4N2O. The monoisotopic (exact) mass is 222 g/mol. The second kappa shape index (κ2) is 3.41. The van der Waals surface area contributed by atoms with Crippen molar-refractivity contribution >= 4 is 11.6 Å². The molecule has 0 saturated heterocycles. The lowest BCUT2D eigenvalue weighted by atomic mass is 10.1. The minimum atomic E-state index is -4.91. The summed E-state index contributed by atoms with van der Waals surface area (Å²) in [6, 6.07) is 1.08. The first-order valence-corrected chi connectivity index (χ1v) is 3.69. The summed E-state index contributed by atoms with van der Waals surface area (Å²) in [7, 11) is 0. The van der Waals surface area contributed by atoms with Gasteiger partial charge in [-0.2, -0.15) is 13.2 Å². The number of carbonyl (C=O) groups is 1. The summed E-state index contributed by atoms with van der Waals surface area (Å²) in [5.41, 5.74) is 6.88. The lowest BCUT2D eigenvalue weighted by Gasteiger charge is -2.10. The number of rotatable bonds is 1. The van der Waals surface area contributed by atoms with Crippen LogP contribution in [0.1, 0.15) is 15.9 Å². The highest BCUT2D eigenvalue weighted by Gasteiger charge is 2.35. The minimum Gasteiger partial charge on any atom is -0.396 e. The van der Waals surface area contributed by atoms with E-state index in [1.165, 1.54) is 0 Å². The van der Waals surface area contributed by atoms with Gasteiger partial charge >= 0.3 is 6.18 Å². The van der Waals surface area contributed by atoms with Gasteiger partial charge in [0.2, 0.25) is 5.91 Å². The summed E-state index contributed by atoms with van der Waals surface area (Å²) in [6.45, 7) is 0. The molecular weight excluding hydrogens is 216 g/mol. The molecule has 0 bridgehead atoms. The molecule has 0 spiro atoms. The quantitative estimate of drug-likeness (QED) is 0.558. The molecule has 4 N–H and O–H groups in total. The number of hydrogen-bond acceptors (Lipinski definition) is 2. The number of anilines is 1. The molecule has 3 nitrogen and oxygen atoms in total. The number of carbonyl (C=O) groups excluding carboxylic acids is 1. The molecule has 1 aromatic carbocycles. The maximum Gasteiger partial charge on any atom is 0.419 e. The van der Waals surface area contributed by atoms with Gasteiger partial charge in [0, 0.05) is 5.56 Å². The van der Waals surface area contributed by atoms with Gasteiger partial charge in [-0.25, -0.2) is 4.39 Å². The van der Waals surface area contributed by atoms with Crippen molar-refractivity contribution in [3.63, 3.8) is 0 Å². The van der Waals surface area contributed by atoms with Crippen molar-refractivity contribution in [1.29, 1.82) is 0 Å². The SMILES string of the molecule is NC(=O)c1cc(N)c(F)c(C(F)(F)F)c1. The fourth-order valence-corrected chi connectivity index (χ4v) is 0.995. The Morgan fingerprint density at radius 3 is 2.20 bits per heavy atom. The van der Waals surface area contributed by atoms with Crippen molar-refractivity contribution in [2.45, 2.75) is 6.18 Å². The lowest BCUT2D eigenvalue weighted by molar-refractivity contribution is -0.139. The molecule has 0 unspecified atom stereocenters. The van der Waals surface area contributed by atoms with Crippen LogP contribution >= 0.6 is 0 Å². The molecule has 82 valence electrons. The van der Waals surface area contributed by atoms with Crippen molar-refractivity contribution in [1.82, 2.24) is 0 Å². The average Bonchev–Trinajstić information content (AvgIpc) is 2.06. The van der Waals surface area contributed by atoms with Crippen LogP contribution in [-0.2, 0) is 6.18 Å². The van der Waals surface area contributed by atoms with Gasteiger partial charge in [0.25, 0.3) is 0 Å². The number of benzene rings is 1. The predicted octanol–water partition coefficient (Wildman–Crippen LogP) is 1.53. The molecule has 0 aromatic heterocycles. The normalized spacial score (nSPS) is 11.5. The van der Waals surface area contributed by atoms with Crippen molar-refractivity contribution in [3.05, 3.63) is 29.1 Å². The Bertz CT molecular complexity index is 414. The van der Waals surface area contributed by atoms with E-state index in [0.717, 1.165) is 6.07 Å². The average molecular weight is 222 g/mol. The van der Waals surface area contributed by atoms with Crippen molar-refractivity contribution in [2.75, 3.05) is 5.73 Å². The van der Waals surface area contributed by atoms with E-state index in [2.05, 4.69) is 0 Å². The number of nitrogen functional groups attached to an aromatic ring is 1. The largest absolute Gasteiger partial charge is 0.419 e. The molecule has 1 aromatic rings. The highest BCUT2D eigenvalue weighted by Crippen LogP contribution is 2.34. The molecule has 0 atom stereocenters. The van der Waals surface area contributed by atoms with Crippen LogP contribution in [-0.4, -0.2) is 5.91 Å². The molecule has 0 aliphatic heterocycles. The van der Waals surface area contributed by atoms with E-state index < -0.39 is 34.7 Å². The van der Waals surface area contributed by atoms with Crippen LogP contribution in [0.5, 0.6) is 0 Å². The second-order valence-corrected chi connectivity index (χ2v) is 2.79. The third kappa shape index (κ3) is 2.17. The Labute approximate surface area is 81.7 Å². The van der Waals surface area contributed by atoms with Gasteiger partial charge in [-0.1, -0.05) is 0 Å². The summed E-state index contributed by atoms with van der Waals surface area (Å²) in [5.74, 6) is -2.71. The van der Waals surface area contributed by atoms with Gasteiger partial charge in [-0.15, -0.1) is 0 Å². The summed E-state index contributed by atoms with van der Waals surface area (Å²) in [4.78, 5) is 10.6. The van der Waals surface area contributed by atoms with Crippen LogP contribution < -0.4 is 11.5 Å². The molecule has 0 fully saturated rings. The zero-order valence-corrected chi connectivity index (χ0v) is 7.23. The molecule has 0 heterocycles. The van der Waals surface area contributed by atoms with E-state index in [9.17, 15) is 22.4 Å². The van der Waals surface area contributed by atoms with Crippen LogP contribution in [0, 0.1) is 5.82 Å². The van der Waals surface area contributed by atoms with Crippen LogP contribution in [0.4, 0.5) is 23.2 Å². The topological polar surface area (TPSA) is 69.1 Å². The third-order valence-electron chi connectivity index (χ3n) is 1.69. The predicted molar refractivity (Wildman–Crippen MR) is 44.3 cm³/mol. The van der Waals surface area contributed by atoms with Crippen LogP contribution in [0.3, 0.4) is 0 Å². The molecule has 7 heteroatoms. The van der Waals surface area contributed by atoms with Gasteiger partial charge in [0.15, 0.2) is 5.82 Å². The van der Waals surface area contributed by atoms with E-state index in [-0.39, 0.29) is 0 Å². The molecule has 0 radical (unpaired) electrons. The Morgan fingerprint density at radius 2 is 1.80 bits per heavy atom. The highest BCUT2D eigenvalue weighted by atomic mass is 19.4. The fourth-order valence-electron chi connectivity index (χ4n) is 0.995. The van der Waals surface area contributed by atoms with Crippen LogP contribution in [0.2, 0.25) is 0 Å². The summed E-state index contributed by atoms with van der Waals surface area (Å²) in [6.07, 6.45) is -4.91.